The minimum Gasteiger partial charge on any atom is -0.481 e. The number of halogens is 2. The second-order valence-corrected chi connectivity index (χ2v) is 15.2. The molecule has 0 radical (unpaired) electrons. The van der Waals surface area contributed by atoms with Gasteiger partial charge in [0.1, 0.15) is 10.8 Å². The van der Waals surface area contributed by atoms with Gasteiger partial charge in [-0.05, 0) is 78.8 Å². The van der Waals surface area contributed by atoms with Gasteiger partial charge in [0.25, 0.3) is 0 Å². The van der Waals surface area contributed by atoms with Gasteiger partial charge >= 0.3 is 5.97 Å². The molecule has 2 aliphatic carbocycles. The Morgan fingerprint density at radius 3 is 2.68 bits per heavy atom. The van der Waals surface area contributed by atoms with Crippen molar-refractivity contribution < 1.29 is 23.2 Å². The summed E-state index contributed by atoms with van der Waals surface area (Å²) < 4.78 is 28.9. The molecule has 4 rings (SSSR count). The first-order valence-electron chi connectivity index (χ1n) is 12.3. The number of carboxylic acids is 1. The third-order valence-corrected chi connectivity index (χ3v) is 11.8. The first-order valence-corrected chi connectivity index (χ1v) is 15.8. The summed E-state index contributed by atoms with van der Waals surface area (Å²) in [6.45, 7) is 8.35. The molecule has 0 amide bonds. The van der Waals surface area contributed by atoms with Crippen molar-refractivity contribution in [1.29, 1.82) is 0 Å². The maximum absolute atomic E-state index is 12.5. The van der Waals surface area contributed by atoms with Crippen molar-refractivity contribution >= 4 is 60.6 Å². The molecule has 37 heavy (non-hydrogen) atoms. The summed E-state index contributed by atoms with van der Waals surface area (Å²) in [6.07, 6.45) is 2.84. The number of rotatable bonds is 8. The van der Waals surface area contributed by atoms with Crippen molar-refractivity contribution in [3.63, 3.8) is 0 Å². The highest BCUT2D eigenvalue weighted by atomic mass is 79.9. The molecule has 202 valence electrons. The fourth-order valence-corrected chi connectivity index (χ4v) is 9.24. The summed E-state index contributed by atoms with van der Waals surface area (Å²) >= 11 is 10.6. The van der Waals surface area contributed by atoms with Gasteiger partial charge in [0.15, 0.2) is 0 Å². The third-order valence-electron chi connectivity index (χ3n) is 7.98. The molecule has 1 saturated carbocycles. The second-order valence-electron chi connectivity index (χ2n) is 10.7. The number of fused-ring (bicyclic) bond motifs is 3. The molecular weight excluding hydrogens is 600 g/mol. The van der Waals surface area contributed by atoms with Gasteiger partial charge in [-0.3, -0.25) is 4.79 Å². The number of nitrogens with zero attached hydrogens (tertiary/aromatic N) is 1. The molecule has 0 unspecified atom stereocenters. The quantitative estimate of drug-likeness (QED) is 0.254. The van der Waals surface area contributed by atoms with Gasteiger partial charge in [-0.2, -0.15) is 0 Å². The maximum Gasteiger partial charge on any atom is 0.309 e. The van der Waals surface area contributed by atoms with E-state index in [0.29, 0.717) is 22.9 Å². The third kappa shape index (κ3) is 5.37. The van der Waals surface area contributed by atoms with E-state index in [4.69, 9.17) is 16.4 Å². The highest BCUT2D eigenvalue weighted by Gasteiger charge is 2.56. The molecule has 0 saturated heterocycles. The first kappa shape index (κ1) is 28.5. The van der Waals surface area contributed by atoms with Crippen LogP contribution in [0.3, 0.4) is 0 Å². The fourth-order valence-electron chi connectivity index (χ4n) is 5.90. The van der Waals surface area contributed by atoms with E-state index in [-0.39, 0.29) is 34.6 Å². The molecular formula is C26H32BrClN2O5S2. The Bertz CT molecular complexity index is 1340. The number of benzene rings is 1. The minimum absolute atomic E-state index is 0.0306. The lowest BCUT2D eigenvalue weighted by Crippen LogP contribution is -2.53. The lowest BCUT2D eigenvalue weighted by molar-refractivity contribution is -0.156. The summed E-state index contributed by atoms with van der Waals surface area (Å²) in [6, 6.07) is 7.28. The van der Waals surface area contributed by atoms with Crippen LogP contribution in [-0.2, 0) is 25.1 Å². The number of hydrogen-bond donors (Lipinski definition) is 2. The van der Waals surface area contributed by atoms with E-state index < -0.39 is 21.4 Å². The van der Waals surface area contributed by atoms with Gasteiger partial charge < -0.3 is 9.94 Å². The Labute approximate surface area is 235 Å². The average Bonchev–Trinajstić information content (AvgIpc) is 3.26. The number of aliphatic carboxylic acids is 1. The molecule has 1 fully saturated rings. The van der Waals surface area contributed by atoms with Crippen LogP contribution in [-0.4, -0.2) is 38.4 Å². The molecule has 7 nitrogen and oxygen atoms in total. The molecule has 11 heteroatoms. The van der Waals surface area contributed by atoms with Gasteiger partial charge in [-0.15, -0.1) is 11.3 Å². The van der Waals surface area contributed by atoms with E-state index in [1.54, 1.807) is 0 Å². The van der Waals surface area contributed by atoms with E-state index in [2.05, 4.69) is 58.7 Å². The molecule has 0 spiro atoms. The Morgan fingerprint density at radius 1 is 1.32 bits per heavy atom. The van der Waals surface area contributed by atoms with Crippen LogP contribution in [0.2, 0.25) is 4.34 Å². The van der Waals surface area contributed by atoms with Crippen molar-refractivity contribution in [3.05, 3.63) is 49.8 Å². The Kier molecular flexibility index (Phi) is 8.18. The molecule has 2 N–H and O–H groups in total. The molecule has 0 bridgehead atoms. The zero-order valence-corrected chi connectivity index (χ0v) is 25.3. The number of hydrogen-bond acceptors (Lipinski definition) is 6. The highest BCUT2D eigenvalue weighted by molar-refractivity contribution is 9.10. The lowest BCUT2D eigenvalue weighted by Gasteiger charge is -2.53. The van der Waals surface area contributed by atoms with Crippen LogP contribution in [0.5, 0.6) is 0 Å². The smallest absolute Gasteiger partial charge is 0.309 e. The summed E-state index contributed by atoms with van der Waals surface area (Å²) in [5.41, 5.74) is 2.72. The van der Waals surface area contributed by atoms with Crippen molar-refractivity contribution in [2.75, 3.05) is 13.2 Å². The Balaban J connectivity index is 1.63. The monoisotopic (exact) mass is 630 g/mol. The number of nitrogens with one attached hydrogen (secondary N) is 1. The SMILES string of the molecule is CC(C)c1cc2c(cc1Br)[C@@]1(C)CCC[C@@](C)(C(=O)O)[C@@H]1C/C2=N\OCCNS(=O)(=O)c1ccc(Cl)s1. The van der Waals surface area contributed by atoms with Crippen molar-refractivity contribution in [3.8, 4) is 0 Å². The predicted octanol–water partition coefficient (Wildman–Crippen LogP) is 6.54. The van der Waals surface area contributed by atoms with E-state index in [9.17, 15) is 18.3 Å². The van der Waals surface area contributed by atoms with Crippen LogP contribution < -0.4 is 4.72 Å². The van der Waals surface area contributed by atoms with Crippen LogP contribution in [0.25, 0.3) is 0 Å². The largest absolute Gasteiger partial charge is 0.481 e. The van der Waals surface area contributed by atoms with E-state index in [1.807, 2.05) is 6.92 Å². The van der Waals surface area contributed by atoms with Crippen molar-refractivity contribution in [2.24, 2.45) is 16.5 Å². The maximum atomic E-state index is 12.5. The normalized spacial score (nSPS) is 26.7. The summed E-state index contributed by atoms with van der Waals surface area (Å²) in [4.78, 5) is 18.1. The van der Waals surface area contributed by atoms with Crippen molar-refractivity contribution in [2.45, 2.75) is 68.9 Å². The van der Waals surface area contributed by atoms with Crippen molar-refractivity contribution in [1.82, 2.24) is 4.72 Å². The van der Waals surface area contributed by atoms with Crippen LogP contribution in [0.1, 0.15) is 76.0 Å². The summed E-state index contributed by atoms with van der Waals surface area (Å²) in [5, 5.41) is 14.7. The van der Waals surface area contributed by atoms with Gasteiger partial charge in [0, 0.05) is 16.6 Å². The number of carbonyl (C=O) groups is 1. The molecule has 2 aromatic rings. The van der Waals surface area contributed by atoms with Crippen LogP contribution in [0.4, 0.5) is 0 Å². The molecule has 1 aromatic heterocycles. The number of thiophene rings is 1. The fraction of sp³-hybridized carbons (Fsp3) is 0.538. The van der Waals surface area contributed by atoms with Crippen LogP contribution >= 0.6 is 38.9 Å². The minimum atomic E-state index is -3.68. The van der Waals surface area contributed by atoms with Gasteiger partial charge in [0.05, 0.1) is 15.5 Å². The van der Waals surface area contributed by atoms with Gasteiger partial charge in [-0.25, -0.2) is 13.1 Å². The second kappa shape index (κ2) is 10.6. The van der Waals surface area contributed by atoms with E-state index in [0.717, 1.165) is 45.3 Å². The topological polar surface area (TPSA) is 105 Å². The molecule has 1 heterocycles. The van der Waals surface area contributed by atoms with Gasteiger partial charge in [-0.1, -0.05) is 59.9 Å². The van der Waals surface area contributed by atoms with E-state index >= 15 is 0 Å². The van der Waals surface area contributed by atoms with Gasteiger partial charge in [0.2, 0.25) is 10.0 Å². The summed E-state index contributed by atoms with van der Waals surface area (Å²) in [7, 11) is -3.68. The number of sulfonamides is 1. The lowest BCUT2D eigenvalue weighted by atomic mass is 9.49. The van der Waals surface area contributed by atoms with E-state index in [1.165, 1.54) is 12.1 Å². The number of carboxylic acid groups (broad SMARTS) is 1. The zero-order chi connectivity index (χ0) is 27.2. The van der Waals surface area contributed by atoms with Crippen LogP contribution in [0, 0.1) is 11.3 Å². The average molecular weight is 632 g/mol. The molecule has 3 atom stereocenters. The summed E-state index contributed by atoms with van der Waals surface area (Å²) in [5.74, 6) is -0.656. The molecule has 2 aliphatic rings. The first-order chi connectivity index (χ1) is 17.3. The molecule has 1 aromatic carbocycles. The molecule has 0 aliphatic heterocycles. The zero-order valence-electron chi connectivity index (χ0n) is 21.3. The standard InChI is InChI=1S/C26H32BrClN2O5S2/c1-15(2)16-12-17-18(13-19(16)27)25(3)8-5-9-26(4,24(31)32)21(25)14-20(17)30-35-11-10-29-37(33,34)23-7-6-22(28)36-23/h6-7,12-13,15,21,29H,5,8-11,14H2,1-4H3,(H,31,32)/b30-20+/t21-,25-,26-/m1/s1. The van der Waals surface area contributed by atoms with Crippen LogP contribution in [0.15, 0.2) is 38.1 Å². The Hall–Kier alpha value is -1.46. The predicted molar refractivity (Wildman–Crippen MR) is 150 cm³/mol. The highest BCUT2D eigenvalue weighted by Crippen LogP contribution is 2.58. The number of oxime groups is 1. The Morgan fingerprint density at radius 2 is 2.05 bits per heavy atom.